The Bertz CT molecular complexity index is 182. The molecule has 0 saturated carbocycles. The molecule has 0 aliphatic rings. The predicted molar refractivity (Wildman–Crippen MR) is 51.6 cm³/mol. The predicted octanol–water partition coefficient (Wildman–Crippen LogP) is 2.10. The van der Waals surface area contributed by atoms with Gasteiger partial charge in [0.2, 0.25) is 5.91 Å². The summed E-state index contributed by atoms with van der Waals surface area (Å²) < 4.78 is 0. The van der Waals surface area contributed by atoms with Gasteiger partial charge in [-0.2, -0.15) is 0 Å². The summed E-state index contributed by atoms with van der Waals surface area (Å²) in [6, 6.07) is 0. The normalized spacial score (nSPS) is 14.9. The number of nitrogens with two attached hydrogens (primary N) is 1. The van der Waals surface area contributed by atoms with Crippen LogP contribution in [0.3, 0.4) is 0 Å². The second-order valence-corrected chi connectivity index (χ2v) is 3.71. The molecule has 0 saturated heterocycles. The lowest BCUT2D eigenvalue weighted by Gasteiger charge is -2.12. The maximum Gasteiger partial charge on any atom is 0.244 e. The van der Waals surface area contributed by atoms with Gasteiger partial charge >= 0.3 is 0 Å². The van der Waals surface area contributed by atoms with Gasteiger partial charge in [-0.25, -0.2) is 0 Å². The van der Waals surface area contributed by atoms with Crippen LogP contribution in [0.15, 0.2) is 11.6 Å². The smallest absolute Gasteiger partial charge is 0.244 e. The Morgan fingerprint density at radius 2 is 1.92 bits per heavy atom. The fourth-order valence-electron chi connectivity index (χ4n) is 0.735. The minimum atomic E-state index is -0.314. The Balaban J connectivity index is 3.96. The van der Waals surface area contributed by atoms with Crippen molar-refractivity contribution in [1.29, 1.82) is 0 Å². The van der Waals surface area contributed by atoms with Crippen LogP contribution in [0.25, 0.3) is 0 Å². The molecule has 12 heavy (non-hydrogen) atoms. The van der Waals surface area contributed by atoms with Crippen LogP contribution >= 0.6 is 0 Å². The molecule has 2 nitrogen and oxygen atoms in total. The van der Waals surface area contributed by atoms with Gasteiger partial charge < -0.3 is 5.73 Å². The van der Waals surface area contributed by atoms with Crippen molar-refractivity contribution in [3.8, 4) is 0 Å². The first kappa shape index (κ1) is 11.2. The van der Waals surface area contributed by atoms with Gasteiger partial charge in [-0.15, -0.1) is 0 Å². The highest BCUT2D eigenvalue weighted by Gasteiger charge is 2.05. The zero-order valence-electron chi connectivity index (χ0n) is 8.42. The Morgan fingerprint density at radius 1 is 1.42 bits per heavy atom. The number of rotatable bonds is 4. The molecular formula is C10H19NO. The van der Waals surface area contributed by atoms with Crippen molar-refractivity contribution >= 4 is 5.91 Å². The Kier molecular flexibility index (Phi) is 4.64. The molecule has 1 unspecified atom stereocenters. The quantitative estimate of drug-likeness (QED) is 0.643. The second-order valence-electron chi connectivity index (χ2n) is 3.71. The minimum Gasteiger partial charge on any atom is -0.366 e. The Labute approximate surface area is 74.8 Å². The van der Waals surface area contributed by atoms with E-state index in [1.165, 1.54) is 0 Å². The largest absolute Gasteiger partial charge is 0.366 e. The summed E-state index contributed by atoms with van der Waals surface area (Å²) in [5.74, 6) is 0.951. The van der Waals surface area contributed by atoms with Gasteiger partial charge in [-0.3, -0.25) is 4.79 Å². The third-order valence-electron chi connectivity index (χ3n) is 2.32. The van der Waals surface area contributed by atoms with Gasteiger partial charge in [-0.05, 0) is 25.2 Å². The summed E-state index contributed by atoms with van der Waals surface area (Å²) >= 11 is 0. The molecule has 70 valence electrons. The lowest BCUT2D eigenvalue weighted by Crippen LogP contribution is -2.12. The van der Waals surface area contributed by atoms with Crippen LogP contribution in [-0.2, 0) is 4.79 Å². The van der Waals surface area contributed by atoms with E-state index in [1.807, 2.05) is 6.08 Å². The van der Waals surface area contributed by atoms with Crippen molar-refractivity contribution in [3.63, 3.8) is 0 Å². The van der Waals surface area contributed by atoms with Crippen LogP contribution in [0.1, 0.15) is 34.1 Å². The molecule has 1 atom stereocenters. The highest BCUT2D eigenvalue weighted by atomic mass is 16.1. The number of carbonyl (C=O) groups excluding carboxylic acids is 1. The van der Waals surface area contributed by atoms with E-state index >= 15 is 0 Å². The van der Waals surface area contributed by atoms with E-state index < -0.39 is 0 Å². The maximum atomic E-state index is 10.6. The molecule has 0 radical (unpaired) electrons. The third kappa shape index (κ3) is 4.16. The Hall–Kier alpha value is -0.790. The maximum absolute atomic E-state index is 10.6. The van der Waals surface area contributed by atoms with Crippen molar-refractivity contribution in [2.45, 2.75) is 34.1 Å². The van der Waals surface area contributed by atoms with Crippen LogP contribution in [-0.4, -0.2) is 5.91 Å². The summed E-state index contributed by atoms with van der Waals surface area (Å²) in [6.07, 6.45) is 2.86. The van der Waals surface area contributed by atoms with Crippen molar-refractivity contribution in [1.82, 2.24) is 0 Å². The van der Waals surface area contributed by atoms with Gasteiger partial charge in [0, 0.05) is 5.57 Å². The molecule has 0 aliphatic carbocycles. The lowest BCUT2D eigenvalue weighted by atomic mass is 9.94. The molecule has 0 aliphatic heterocycles. The topological polar surface area (TPSA) is 43.1 Å². The van der Waals surface area contributed by atoms with E-state index in [0.717, 1.165) is 6.42 Å². The molecule has 0 aromatic rings. The standard InChI is InChI=1S/C10H19NO/c1-7(2)8(3)5-6-9(4)10(11)12/h6-8H,5H2,1-4H3,(H2,11,12)/b9-6-. The average molecular weight is 169 g/mol. The van der Waals surface area contributed by atoms with Crippen LogP contribution in [0.5, 0.6) is 0 Å². The average Bonchev–Trinajstić information content (AvgIpc) is 1.98. The highest BCUT2D eigenvalue weighted by molar-refractivity contribution is 5.91. The zero-order valence-corrected chi connectivity index (χ0v) is 8.42. The number of primary amides is 1. The molecular weight excluding hydrogens is 150 g/mol. The molecule has 0 rings (SSSR count). The molecule has 0 aromatic carbocycles. The van der Waals surface area contributed by atoms with E-state index in [0.29, 0.717) is 17.4 Å². The fraction of sp³-hybridized carbons (Fsp3) is 0.700. The Morgan fingerprint density at radius 3 is 2.25 bits per heavy atom. The van der Waals surface area contributed by atoms with E-state index in [-0.39, 0.29) is 5.91 Å². The summed E-state index contributed by atoms with van der Waals surface area (Å²) in [5.41, 5.74) is 5.76. The van der Waals surface area contributed by atoms with Crippen LogP contribution in [0.2, 0.25) is 0 Å². The lowest BCUT2D eigenvalue weighted by molar-refractivity contribution is -0.114. The first-order valence-electron chi connectivity index (χ1n) is 4.41. The summed E-state index contributed by atoms with van der Waals surface area (Å²) in [7, 11) is 0. The molecule has 0 aromatic heterocycles. The van der Waals surface area contributed by atoms with Crippen molar-refractivity contribution in [2.24, 2.45) is 17.6 Å². The van der Waals surface area contributed by atoms with Crippen LogP contribution < -0.4 is 5.73 Å². The van der Waals surface area contributed by atoms with Crippen molar-refractivity contribution in [3.05, 3.63) is 11.6 Å². The molecule has 2 heteroatoms. The van der Waals surface area contributed by atoms with E-state index in [1.54, 1.807) is 6.92 Å². The zero-order chi connectivity index (χ0) is 9.72. The third-order valence-corrected chi connectivity index (χ3v) is 2.32. The molecule has 0 bridgehead atoms. The fourth-order valence-corrected chi connectivity index (χ4v) is 0.735. The number of carbonyl (C=O) groups is 1. The summed E-state index contributed by atoms with van der Waals surface area (Å²) in [4.78, 5) is 10.6. The SMILES string of the molecule is C/C(=C/CC(C)C(C)C)C(N)=O. The van der Waals surface area contributed by atoms with E-state index in [2.05, 4.69) is 20.8 Å². The first-order valence-corrected chi connectivity index (χ1v) is 4.41. The van der Waals surface area contributed by atoms with Crippen LogP contribution in [0, 0.1) is 11.8 Å². The van der Waals surface area contributed by atoms with E-state index in [9.17, 15) is 4.79 Å². The minimum absolute atomic E-state index is 0.314. The number of amides is 1. The summed E-state index contributed by atoms with van der Waals surface area (Å²) in [5, 5.41) is 0. The second kappa shape index (κ2) is 4.96. The van der Waals surface area contributed by atoms with Gasteiger partial charge in [0.05, 0.1) is 0 Å². The molecule has 2 N–H and O–H groups in total. The van der Waals surface area contributed by atoms with Gasteiger partial charge in [0.15, 0.2) is 0 Å². The van der Waals surface area contributed by atoms with Crippen molar-refractivity contribution < 1.29 is 4.79 Å². The number of allylic oxidation sites excluding steroid dienone is 1. The van der Waals surface area contributed by atoms with Gasteiger partial charge in [-0.1, -0.05) is 26.8 Å². The monoisotopic (exact) mass is 169 g/mol. The molecule has 0 fully saturated rings. The number of hydrogen-bond donors (Lipinski definition) is 1. The highest BCUT2D eigenvalue weighted by Crippen LogP contribution is 2.15. The van der Waals surface area contributed by atoms with Gasteiger partial charge in [0.25, 0.3) is 0 Å². The molecule has 1 amide bonds. The van der Waals surface area contributed by atoms with Gasteiger partial charge in [0.1, 0.15) is 0 Å². The molecule has 0 heterocycles. The molecule has 0 spiro atoms. The van der Waals surface area contributed by atoms with Crippen LogP contribution in [0.4, 0.5) is 0 Å². The van der Waals surface area contributed by atoms with Crippen molar-refractivity contribution in [2.75, 3.05) is 0 Å². The van der Waals surface area contributed by atoms with E-state index in [4.69, 9.17) is 5.73 Å². The summed E-state index contributed by atoms with van der Waals surface area (Å²) in [6.45, 7) is 8.29. The first-order chi connectivity index (χ1) is 5.45. The number of hydrogen-bond acceptors (Lipinski definition) is 1.